The maximum Gasteiger partial charge on any atom is -0.0145 e. The maximum atomic E-state index is 12.1. The highest BCUT2D eigenvalue weighted by molar-refractivity contribution is 4.59. The van der Waals surface area contributed by atoms with Crippen molar-refractivity contribution in [3.63, 3.8) is 0 Å². The van der Waals surface area contributed by atoms with Gasteiger partial charge in [0.25, 0.3) is 0 Å². The summed E-state index contributed by atoms with van der Waals surface area (Å²) >= 11 is 0. The van der Waals surface area contributed by atoms with E-state index in [1.165, 1.54) is 249 Å². The van der Waals surface area contributed by atoms with Crippen LogP contribution in [0.2, 0.25) is 0 Å². The van der Waals surface area contributed by atoms with Gasteiger partial charge in [-0.25, -0.2) is 0 Å². The Morgan fingerprint density at radius 1 is 0.217 bits per heavy atom. The molecule has 0 aromatic carbocycles. The predicted molar refractivity (Wildman–Crippen MR) is 211 cm³/mol. The Bertz CT molecular complexity index is 464. The summed E-state index contributed by atoms with van der Waals surface area (Å²) in [7, 11) is 0. The van der Waals surface area contributed by atoms with E-state index in [-0.39, 0.29) is 0 Å². The summed E-state index contributed by atoms with van der Waals surface area (Å²) in [5, 5.41) is 13.5. The molecule has 2 heteroatoms. The van der Waals surface area contributed by atoms with E-state index in [9.17, 15) is 5.21 Å². The monoisotopic (exact) mass is 649 g/mol. The zero-order valence-electron chi connectivity index (χ0n) is 32.6. The van der Waals surface area contributed by atoms with Crippen LogP contribution in [0.3, 0.4) is 0 Å². The van der Waals surface area contributed by atoms with Crippen molar-refractivity contribution in [1.82, 2.24) is 5.06 Å². The van der Waals surface area contributed by atoms with Crippen molar-refractivity contribution in [2.45, 2.75) is 271 Å². The molecule has 0 amide bonds. The van der Waals surface area contributed by atoms with E-state index in [1.54, 1.807) is 0 Å². The molecule has 0 saturated heterocycles. The van der Waals surface area contributed by atoms with Crippen LogP contribution < -0.4 is 0 Å². The van der Waals surface area contributed by atoms with E-state index >= 15 is 0 Å². The fourth-order valence-electron chi connectivity index (χ4n) is 7.20. The van der Waals surface area contributed by atoms with Gasteiger partial charge in [0.1, 0.15) is 0 Å². The molecule has 0 saturated carbocycles. The molecular weight excluding hydrogens is 558 g/mol. The number of hydrogen-bond acceptors (Lipinski definition) is 2. The van der Waals surface area contributed by atoms with Crippen LogP contribution in [0.4, 0.5) is 0 Å². The van der Waals surface area contributed by atoms with Crippen molar-refractivity contribution in [3.8, 4) is 0 Å². The first kappa shape index (κ1) is 45.9. The van der Waals surface area contributed by atoms with Gasteiger partial charge in [-0.3, -0.25) is 0 Å². The van der Waals surface area contributed by atoms with Crippen molar-refractivity contribution < 1.29 is 0 Å². The van der Waals surface area contributed by atoms with E-state index < -0.39 is 0 Å². The van der Waals surface area contributed by atoms with E-state index in [0.29, 0.717) is 0 Å². The molecule has 0 aliphatic rings. The van der Waals surface area contributed by atoms with Crippen LogP contribution in [0.25, 0.3) is 0 Å². The topological polar surface area (TPSA) is 26.3 Å². The van der Waals surface area contributed by atoms with Crippen LogP contribution in [0.15, 0.2) is 0 Å². The largest absolute Gasteiger partial charge is 0.785 e. The second-order valence-electron chi connectivity index (χ2n) is 15.4. The summed E-state index contributed by atoms with van der Waals surface area (Å²) in [5.41, 5.74) is 0. The summed E-state index contributed by atoms with van der Waals surface area (Å²) in [6.07, 6.45) is 56.4. The SMILES string of the molecule is CCCCCCCCCCCCCCCCCCCCCCN([O-])CCCCCCCCCCCCCCCCCCCCCC. The van der Waals surface area contributed by atoms with Gasteiger partial charge < -0.3 is 10.3 Å². The van der Waals surface area contributed by atoms with Crippen molar-refractivity contribution in [1.29, 1.82) is 0 Å². The fourth-order valence-corrected chi connectivity index (χ4v) is 7.20. The Labute approximate surface area is 293 Å². The van der Waals surface area contributed by atoms with Gasteiger partial charge >= 0.3 is 0 Å². The third kappa shape index (κ3) is 41.9. The van der Waals surface area contributed by atoms with E-state index in [0.717, 1.165) is 25.9 Å². The Morgan fingerprint density at radius 3 is 0.500 bits per heavy atom. The van der Waals surface area contributed by atoms with Gasteiger partial charge in [-0.15, -0.1) is 0 Å². The van der Waals surface area contributed by atoms with E-state index in [4.69, 9.17) is 0 Å². The average Bonchev–Trinajstić information content (AvgIpc) is 3.06. The van der Waals surface area contributed by atoms with Gasteiger partial charge in [-0.2, -0.15) is 0 Å². The molecule has 0 aliphatic heterocycles. The van der Waals surface area contributed by atoms with Crippen LogP contribution in [0, 0.1) is 5.21 Å². The number of rotatable bonds is 42. The Hall–Kier alpha value is -0.0800. The van der Waals surface area contributed by atoms with Crippen molar-refractivity contribution in [2.75, 3.05) is 13.1 Å². The lowest BCUT2D eigenvalue weighted by molar-refractivity contribution is 0.350. The van der Waals surface area contributed by atoms with Crippen LogP contribution in [-0.2, 0) is 0 Å². The third-order valence-electron chi connectivity index (χ3n) is 10.5. The first-order valence-corrected chi connectivity index (χ1v) is 22.2. The molecule has 46 heavy (non-hydrogen) atoms. The molecule has 2 nitrogen and oxygen atoms in total. The van der Waals surface area contributed by atoms with Crippen LogP contribution >= 0.6 is 0 Å². The Kier molecular flexibility index (Phi) is 42.9. The molecule has 0 spiro atoms. The molecule has 0 unspecified atom stereocenters. The van der Waals surface area contributed by atoms with Gasteiger partial charge in [0.15, 0.2) is 0 Å². The summed E-state index contributed by atoms with van der Waals surface area (Å²) in [5.74, 6) is 0. The second-order valence-corrected chi connectivity index (χ2v) is 15.4. The lowest BCUT2D eigenvalue weighted by Crippen LogP contribution is -2.18. The second kappa shape index (κ2) is 42.9. The molecule has 0 aromatic rings. The summed E-state index contributed by atoms with van der Waals surface area (Å²) in [6, 6.07) is 0. The Morgan fingerprint density at radius 2 is 0.348 bits per heavy atom. The standard InChI is InChI=1S/C44H90NO/c1-3-5-7-9-11-13-15-17-19-21-23-25-27-29-31-33-35-37-39-41-43-45(46)44-42-40-38-36-34-32-30-28-26-24-22-20-18-16-14-12-10-8-6-4-2/h3-44H2,1-2H3/q-1. The minimum absolute atomic E-state index is 0.762. The first-order chi connectivity index (χ1) is 22.8. The molecule has 0 radical (unpaired) electrons. The van der Waals surface area contributed by atoms with Gasteiger partial charge in [-0.05, 0) is 25.9 Å². The van der Waals surface area contributed by atoms with Crippen molar-refractivity contribution in [2.24, 2.45) is 0 Å². The molecule has 0 bridgehead atoms. The number of nitrogens with zero attached hydrogens (tertiary/aromatic N) is 1. The first-order valence-electron chi connectivity index (χ1n) is 22.2. The Balaban J connectivity index is 3.13. The minimum Gasteiger partial charge on any atom is -0.785 e. The third-order valence-corrected chi connectivity index (χ3v) is 10.5. The van der Waals surface area contributed by atoms with E-state index in [1.807, 2.05) is 0 Å². The molecule has 0 fully saturated rings. The summed E-state index contributed by atoms with van der Waals surface area (Å²) < 4.78 is 0. The molecule has 0 atom stereocenters. The van der Waals surface area contributed by atoms with Crippen molar-refractivity contribution >= 4 is 0 Å². The highest BCUT2D eigenvalue weighted by atomic mass is 16.5. The van der Waals surface area contributed by atoms with Crippen LogP contribution in [0.1, 0.15) is 271 Å². The average molecular weight is 649 g/mol. The zero-order valence-corrected chi connectivity index (χ0v) is 32.6. The van der Waals surface area contributed by atoms with Crippen LogP contribution in [0.5, 0.6) is 0 Å². The normalized spacial score (nSPS) is 11.7. The molecular formula is C44H90NO-. The smallest absolute Gasteiger partial charge is 0.0145 e. The van der Waals surface area contributed by atoms with E-state index in [2.05, 4.69) is 13.8 Å². The highest BCUT2D eigenvalue weighted by Crippen LogP contribution is 2.17. The van der Waals surface area contributed by atoms with Gasteiger partial charge in [0, 0.05) is 0 Å². The molecule has 278 valence electrons. The molecule has 0 aliphatic carbocycles. The summed E-state index contributed by atoms with van der Waals surface area (Å²) in [6.45, 7) is 6.13. The lowest BCUT2D eigenvalue weighted by atomic mass is 10.0. The number of unbranched alkanes of at least 4 members (excludes halogenated alkanes) is 38. The predicted octanol–water partition coefficient (Wildman–Crippen LogP) is 16.4. The minimum atomic E-state index is 0.762. The van der Waals surface area contributed by atoms with Crippen LogP contribution in [-0.4, -0.2) is 18.2 Å². The van der Waals surface area contributed by atoms with Crippen molar-refractivity contribution in [3.05, 3.63) is 5.21 Å². The maximum absolute atomic E-state index is 12.1. The summed E-state index contributed by atoms with van der Waals surface area (Å²) in [4.78, 5) is 0. The quantitative estimate of drug-likeness (QED) is 0.0486. The van der Waals surface area contributed by atoms with Gasteiger partial charge in [0.2, 0.25) is 0 Å². The lowest BCUT2D eigenvalue weighted by Gasteiger charge is -2.28. The van der Waals surface area contributed by atoms with Gasteiger partial charge in [0.05, 0.1) is 0 Å². The highest BCUT2D eigenvalue weighted by Gasteiger charge is 1.98. The number of hydrogen-bond donors (Lipinski definition) is 0. The van der Waals surface area contributed by atoms with Gasteiger partial charge in [-0.1, -0.05) is 258 Å². The molecule has 0 N–H and O–H groups in total. The molecule has 0 heterocycles. The molecule has 0 rings (SSSR count). The molecule has 0 aromatic heterocycles. The number of hydroxylamine groups is 2. The fraction of sp³-hybridized carbons (Fsp3) is 1.00. The zero-order chi connectivity index (χ0) is 33.3.